The Morgan fingerprint density at radius 1 is 1.22 bits per heavy atom. The number of nitrogens with one attached hydrogen (secondary N) is 2. The lowest BCUT2D eigenvalue weighted by molar-refractivity contribution is -0.137. The van der Waals surface area contributed by atoms with Crippen LogP contribution in [0.15, 0.2) is 30.5 Å². The fourth-order valence-corrected chi connectivity index (χ4v) is 2.26. The van der Waals surface area contributed by atoms with E-state index in [1.54, 1.807) is 0 Å². The highest BCUT2D eigenvalue weighted by molar-refractivity contribution is 6.30. The molecule has 0 aliphatic rings. The summed E-state index contributed by atoms with van der Waals surface area (Å²) in [5.41, 5.74) is -1.46. The maximum atomic E-state index is 13.1. The minimum atomic E-state index is -4.74. The topological polar surface area (TPSA) is 88.3 Å². The number of aromatic amines is 1. The number of Topliss-reactive ketones (excluding diaryl/α,β-unsaturated/α-hetero) is 1. The normalized spacial score (nSPS) is 12.4. The zero-order valence-corrected chi connectivity index (χ0v) is 14.9. The number of aromatic nitrogens is 1. The molecule has 0 spiro atoms. The molecule has 144 valence electrons. The van der Waals surface area contributed by atoms with Crippen molar-refractivity contribution >= 4 is 34.9 Å². The molecule has 1 atom stereocenters. The molecular formula is C17H14ClF3N2O4. The van der Waals surface area contributed by atoms with E-state index in [0.717, 1.165) is 6.07 Å². The van der Waals surface area contributed by atoms with Gasteiger partial charge >= 0.3 is 12.1 Å². The van der Waals surface area contributed by atoms with Gasteiger partial charge in [-0.1, -0.05) is 11.6 Å². The smallest absolute Gasteiger partial charge is 0.418 e. The van der Waals surface area contributed by atoms with Crippen LogP contribution in [0.3, 0.4) is 0 Å². The molecule has 1 aromatic heterocycles. The average Bonchev–Trinajstić information content (AvgIpc) is 3.05. The zero-order chi connectivity index (χ0) is 20.4. The van der Waals surface area contributed by atoms with E-state index in [4.69, 9.17) is 16.3 Å². The summed E-state index contributed by atoms with van der Waals surface area (Å²) in [4.78, 5) is 37.8. The molecule has 2 N–H and O–H groups in total. The number of benzene rings is 1. The molecule has 0 aliphatic carbocycles. The lowest BCUT2D eigenvalue weighted by atomic mass is 10.1. The van der Waals surface area contributed by atoms with Gasteiger partial charge in [0.05, 0.1) is 11.3 Å². The Morgan fingerprint density at radius 2 is 1.89 bits per heavy atom. The first-order valence-corrected chi connectivity index (χ1v) is 7.94. The lowest BCUT2D eigenvalue weighted by Gasteiger charge is -2.17. The van der Waals surface area contributed by atoms with Gasteiger partial charge in [0, 0.05) is 16.8 Å². The van der Waals surface area contributed by atoms with E-state index in [0.29, 0.717) is 6.07 Å². The number of carbonyl (C=O) groups excluding carboxylic acids is 3. The molecule has 0 fully saturated rings. The summed E-state index contributed by atoms with van der Waals surface area (Å²) in [7, 11) is 0. The van der Waals surface area contributed by atoms with Crippen LogP contribution in [0.4, 0.5) is 18.9 Å². The highest BCUT2D eigenvalue weighted by Crippen LogP contribution is 2.36. The van der Waals surface area contributed by atoms with Crippen LogP contribution in [0, 0.1) is 0 Å². The molecule has 10 heteroatoms. The molecule has 0 unspecified atom stereocenters. The van der Waals surface area contributed by atoms with Crippen molar-refractivity contribution in [1.82, 2.24) is 4.98 Å². The minimum Gasteiger partial charge on any atom is -0.448 e. The van der Waals surface area contributed by atoms with Crippen molar-refractivity contribution in [3.63, 3.8) is 0 Å². The summed E-state index contributed by atoms with van der Waals surface area (Å²) in [5.74, 6) is -2.18. The Hall–Kier alpha value is -2.81. The highest BCUT2D eigenvalue weighted by atomic mass is 35.5. The molecule has 0 saturated carbocycles. The largest absolute Gasteiger partial charge is 0.448 e. The van der Waals surface area contributed by atoms with Crippen molar-refractivity contribution in [2.75, 3.05) is 5.32 Å². The van der Waals surface area contributed by atoms with Gasteiger partial charge in [0.15, 0.2) is 11.9 Å². The van der Waals surface area contributed by atoms with Gasteiger partial charge < -0.3 is 15.0 Å². The Kier molecular flexibility index (Phi) is 5.94. The summed E-state index contributed by atoms with van der Waals surface area (Å²) in [6.07, 6.45) is -4.83. The third kappa shape index (κ3) is 5.10. The van der Waals surface area contributed by atoms with Gasteiger partial charge in [-0.25, -0.2) is 4.79 Å². The summed E-state index contributed by atoms with van der Waals surface area (Å²) in [5, 5.41) is 1.92. The number of ether oxygens (including phenoxy) is 1. The number of carbonyl (C=O) groups is 3. The maximum absolute atomic E-state index is 13.1. The van der Waals surface area contributed by atoms with Gasteiger partial charge in [0.2, 0.25) is 0 Å². The molecule has 2 aromatic rings. The fraction of sp³-hybridized carbons (Fsp3) is 0.235. The molecule has 1 aromatic carbocycles. The predicted octanol–water partition coefficient (Wildman–Crippen LogP) is 4.07. The standard InChI is InChI=1S/C17H14ClF3N2O4/c1-8(24)10-5-14(22-7-10)16(26)27-9(2)15(25)23-13-4-3-11(18)6-12(13)17(19,20)21/h3-7,9,22H,1-2H3,(H,23,25)/t9-/m1/s1. The van der Waals surface area contributed by atoms with E-state index in [-0.39, 0.29) is 22.1 Å². The van der Waals surface area contributed by atoms with Crippen molar-refractivity contribution in [3.05, 3.63) is 52.3 Å². The van der Waals surface area contributed by atoms with Crippen LogP contribution in [0.1, 0.15) is 40.3 Å². The van der Waals surface area contributed by atoms with E-state index in [1.165, 1.54) is 32.2 Å². The van der Waals surface area contributed by atoms with Gasteiger partial charge in [-0.05, 0) is 38.1 Å². The van der Waals surface area contributed by atoms with Crippen LogP contribution in [-0.4, -0.2) is 28.7 Å². The second-order valence-corrected chi connectivity index (χ2v) is 6.02. The van der Waals surface area contributed by atoms with E-state index in [1.807, 2.05) is 0 Å². The van der Waals surface area contributed by atoms with Gasteiger partial charge in [-0.15, -0.1) is 0 Å². The third-order valence-electron chi connectivity index (χ3n) is 3.51. The van der Waals surface area contributed by atoms with Crippen LogP contribution >= 0.6 is 11.6 Å². The minimum absolute atomic E-state index is 0.0673. The van der Waals surface area contributed by atoms with Crippen LogP contribution in [0.2, 0.25) is 5.02 Å². The first kappa shape index (κ1) is 20.5. The molecule has 6 nitrogen and oxygen atoms in total. The monoisotopic (exact) mass is 402 g/mol. The number of anilines is 1. The first-order chi connectivity index (χ1) is 12.5. The number of hydrogen-bond acceptors (Lipinski definition) is 4. The molecular weight excluding hydrogens is 389 g/mol. The predicted molar refractivity (Wildman–Crippen MR) is 90.8 cm³/mol. The number of ketones is 1. The average molecular weight is 403 g/mol. The Bertz CT molecular complexity index is 893. The first-order valence-electron chi connectivity index (χ1n) is 7.57. The molecule has 0 saturated heterocycles. The van der Waals surface area contributed by atoms with Crippen molar-refractivity contribution in [1.29, 1.82) is 0 Å². The quantitative estimate of drug-likeness (QED) is 0.582. The molecule has 0 radical (unpaired) electrons. The maximum Gasteiger partial charge on any atom is 0.418 e. The van der Waals surface area contributed by atoms with Gasteiger partial charge in [0.1, 0.15) is 5.69 Å². The highest BCUT2D eigenvalue weighted by Gasteiger charge is 2.34. The number of H-pyrrole nitrogens is 1. The Morgan fingerprint density at radius 3 is 2.44 bits per heavy atom. The number of alkyl halides is 3. The molecule has 27 heavy (non-hydrogen) atoms. The van der Waals surface area contributed by atoms with E-state index in [2.05, 4.69) is 10.3 Å². The van der Waals surface area contributed by atoms with E-state index < -0.39 is 35.4 Å². The SMILES string of the molecule is CC(=O)c1c[nH]c(C(=O)O[C@H](C)C(=O)Nc2ccc(Cl)cc2C(F)(F)F)c1. The summed E-state index contributed by atoms with van der Waals surface area (Å²) >= 11 is 5.57. The van der Waals surface area contributed by atoms with Gasteiger partial charge in [-0.3, -0.25) is 9.59 Å². The number of hydrogen-bond donors (Lipinski definition) is 2. The second-order valence-electron chi connectivity index (χ2n) is 5.58. The molecule has 1 heterocycles. The van der Waals surface area contributed by atoms with Gasteiger partial charge in [0.25, 0.3) is 5.91 Å². The molecule has 1 amide bonds. The number of esters is 1. The van der Waals surface area contributed by atoms with E-state index >= 15 is 0 Å². The number of rotatable bonds is 5. The zero-order valence-electron chi connectivity index (χ0n) is 14.1. The lowest BCUT2D eigenvalue weighted by Crippen LogP contribution is -2.30. The number of amides is 1. The van der Waals surface area contributed by atoms with Crippen molar-refractivity contribution in [3.8, 4) is 0 Å². The molecule has 0 bridgehead atoms. The Labute approximate surface area is 156 Å². The summed E-state index contributed by atoms with van der Waals surface area (Å²) in [6, 6.07) is 4.11. The third-order valence-corrected chi connectivity index (χ3v) is 3.74. The second kappa shape index (κ2) is 7.83. The van der Waals surface area contributed by atoms with Crippen LogP contribution < -0.4 is 5.32 Å². The summed E-state index contributed by atoms with van der Waals surface area (Å²) < 4.78 is 44.1. The van der Waals surface area contributed by atoms with Crippen molar-refractivity contribution < 1.29 is 32.3 Å². The van der Waals surface area contributed by atoms with Gasteiger partial charge in [-0.2, -0.15) is 13.2 Å². The van der Waals surface area contributed by atoms with Crippen LogP contribution in [0.5, 0.6) is 0 Å². The van der Waals surface area contributed by atoms with E-state index in [9.17, 15) is 27.6 Å². The molecule has 0 aliphatic heterocycles. The van der Waals surface area contributed by atoms with Crippen LogP contribution in [-0.2, 0) is 15.7 Å². The number of halogens is 4. The summed E-state index contributed by atoms with van der Waals surface area (Å²) in [6.45, 7) is 2.50. The molecule has 2 rings (SSSR count). The van der Waals surface area contributed by atoms with Crippen LogP contribution in [0.25, 0.3) is 0 Å². The Balaban J connectivity index is 2.10. The fourth-order valence-electron chi connectivity index (χ4n) is 2.09. The van der Waals surface area contributed by atoms with Crippen molar-refractivity contribution in [2.45, 2.75) is 26.1 Å². The van der Waals surface area contributed by atoms with Crippen molar-refractivity contribution in [2.24, 2.45) is 0 Å².